The van der Waals surface area contributed by atoms with Crippen molar-refractivity contribution in [1.29, 1.82) is 0 Å². The third-order valence-electron chi connectivity index (χ3n) is 5.00. The van der Waals surface area contributed by atoms with Crippen LogP contribution >= 0.6 is 11.8 Å². The molecule has 0 spiro atoms. The Balaban J connectivity index is 2.84. The lowest BCUT2D eigenvalue weighted by molar-refractivity contribution is -0.143. The van der Waals surface area contributed by atoms with Crippen LogP contribution in [0.2, 0.25) is 0 Å². The van der Waals surface area contributed by atoms with Gasteiger partial charge in [0.25, 0.3) is 0 Å². The predicted molar refractivity (Wildman–Crippen MR) is 117 cm³/mol. The van der Waals surface area contributed by atoms with Gasteiger partial charge in [-0.05, 0) is 63.6 Å². The highest BCUT2D eigenvalue weighted by molar-refractivity contribution is 7.98. The Morgan fingerprint density at radius 2 is 1.71 bits per heavy atom. The third-order valence-corrected chi connectivity index (χ3v) is 5.64. The standard InChI is InChI=1S/C19H35N5O6S/c1-31-10-7-14(23-16(26)12-6-4-9-21-12)18(28)22-13(5-2-3-8-20)17(27)24-15(11-25)19(29)30/h12-15,21,25H,2-11,20H2,1H3,(H,22,28)(H,23,26)(H,24,27)(H,29,30). The van der Waals surface area contributed by atoms with E-state index in [-0.39, 0.29) is 18.4 Å². The summed E-state index contributed by atoms with van der Waals surface area (Å²) < 4.78 is 0. The van der Waals surface area contributed by atoms with E-state index in [0.717, 1.165) is 13.0 Å². The first kappa shape index (κ1) is 27.1. The zero-order chi connectivity index (χ0) is 23.2. The van der Waals surface area contributed by atoms with Crippen molar-refractivity contribution in [3.63, 3.8) is 0 Å². The molecular weight excluding hydrogens is 426 g/mol. The molecule has 1 aliphatic rings. The number of aliphatic hydroxyl groups excluding tert-OH is 1. The van der Waals surface area contributed by atoms with Crippen molar-refractivity contribution in [2.75, 3.05) is 31.7 Å². The summed E-state index contributed by atoms with van der Waals surface area (Å²) in [6, 6.07) is -3.64. The second-order valence-electron chi connectivity index (χ2n) is 7.42. The van der Waals surface area contributed by atoms with Gasteiger partial charge in [-0.25, -0.2) is 4.79 Å². The Hall–Kier alpha value is -1.89. The van der Waals surface area contributed by atoms with Gasteiger partial charge < -0.3 is 37.2 Å². The maximum atomic E-state index is 12.9. The topological polar surface area (TPSA) is 183 Å². The minimum atomic E-state index is -1.47. The molecule has 0 bridgehead atoms. The fourth-order valence-electron chi connectivity index (χ4n) is 3.18. The third kappa shape index (κ3) is 9.85. The van der Waals surface area contributed by atoms with Gasteiger partial charge in [-0.2, -0.15) is 11.8 Å². The molecule has 1 rings (SSSR count). The molecule has 1 saturated heterocycles. The van der Waals surface area contributed by atoms with Crippen molar-refractivity contribution in [3.05, 3.63) is 0 Å². The Morgan fingerprint density at radius 3 is 2.23 bits per heavy atom. The summed E-state index contributed by atoms with van der Waals surface area (Å²) in [5.41, 5.74) is 5.50. The molecule has 4 unspecified atom stereocenters. The van der Waals surface area contributed by atoms with Crippen LogP contribution in [0.3, 0.4) is 0 Å². The van der Waals surface area contributed by atoms with Crippen molar-refractivity contribution in [2.45, 2.75) is 62.7 Å². The van der Waals surface area contributed by atoms with E-state index in [2.05, 4.69) is 21.3 Å². The number of hydrogen-bond acceptors (Lipinski definition) is 8. The zero-order valence-electron chi connectivity index (χ0n) is 17.9. The number of rotatable bonds is 15. The van der Waals surface area contributed by atoms with Gasteiger partial charge in [-0.3, -0.25) is 14.4 Å². The number of nitrogens with two attached hydrogens (primary N) is 1. The molecule has 12 heteroatoms. The Kier molecular flexibility index (Phi) is 13.1. The highest BCUT2D eigenvalue weighted by Gasteiger charge is 2.31. The van der Waals surface area contributed by atoms with Crippen LogP contribution in [0.15, 0.2) is 0 Å². The molecule has 8 N–H and O–H groups in total. The number of aliphatic hydroxyl groups is 1. The van der Waals surface area contributed by atoms with E-state index in [4.69, 9.17) is 15.9 Å². The summed E-state index contributed by atoms with van der Waals surface area (Å²) >= 11 is 1.53. The van der Waals surface area contributed by atoms with Gasteiger partial charge >= 0.3 is 5.97 Å². The SMILES string of the molecule is CSCCC(NC(=O)C1CCCN1)C(=O)NC(CCCCN)C(=O)NC(CO)C(=O)O. The first-order chi connectivity index (χ1) is 14.8. The number of carboxylic acids is 1. The quantitative estimate of drug-likeness (QED) is 0.138. The second-order valence-corrected chi connectivity index (χ2v) is 8.40. The highest BCUT2D eigenvalue weighted by Crippen LogP contribution is 2.08. The molecule has 1 fully saturated rings. The number of nitrogens with one attached hydrogen (secondary N) is 4. The van der Waals surface area contributed by atoms with Gasteiger partial charge in [0.2, 0.25) is 17.7 Å². The summed E-state index contributed by atoms with van der Waals surface area (Å²) in [5.74, 6) is -2.22. The van der Waals surface area contributed by atoms with Gasteiger partial charge in [0.15, 0.2) is 0 Å². The maximum Gasteiger partial charge on any atom is 0.328 e. The van der Waals surface area contributed by atoms with Gasteiger partial charge in [0.1, 0.15) is 18.1 Å². The van der Waals surface area contributed by atoms with E-state index in [1.165, 1.54) is 11.8 Å². The molecule has 0 aromatic carbocycles. The molecule has 0 saturated carbocycles. The largest absolute Gasteiger partial charge is 0.480 e. The van der Waals surface area contributed by atoms with Gasteiger partial charge in [0.05, 0.1) is 12.6 Å². The van der Waals surface area contributed by atoms with E-state index in [9.17, 15) is 19.2 Å². The molecule has 0 aromatic rings. The van der Waals surface area contributed by atoms with Crippen LogP contribution in [0, 0.1) is 0 Å². The van der Waals surface area contributed by atoms with Gasteiger partial charge in [-0.15, -0.1) is 0 Å². The lowest BCUT2D eigenvalue weighted by atomic mass is 10.1. The zero-order valence-corrected chi connectivity index (χ0v) is 18.7. The van der Waals surface area contributed by atoms with Crippen molar-refractivity contribution in [3.8, 4) is 0 Å². The number of carbonyl (C=O) groups excluding carboxylic acids is 3. The molecule has 178 valence electrons. The fraction of sp³-hybridized carbons (Fsp3) is 0.789. The van der Waals surface area contributed by atoms with Crippen LogP contribution in [0.25, 0.3) is 0 Å². The lowest BCUT2D eigenvalue weighted by Crippen LogP contribution is -2.57. The molecule has 4 atom stereocenters. The van der Waals surface area contributed by atoms with Crippen LogP contribution < -0.4 is 27.0 Å². The molecule has 0 aromatic heterocycles. The summed E-state index contributed by atoms with van der Waals surface area (Å²) in [4.78, 5) is 49.1. The summed E-state index contributed by atoms with van der Waals surface area (Å²) in [7, 11) is 0. The van der Waals surface area contributed by atoms with Crippen LogP contribution in [0.5, 0.6) is 0 Å². The van der Waals surface area contributed by atoms with Gasteiger partial charge in [-0.1, -0.05) is 0 Å². The highest BCUT2D eigenvalue weighted by atomic mass is 32.2. The monoisotopic (exact) mass is 461 g/mol. The average molecular weight is 462 g/mol. The average Bonchev–Trinajstić information content (AvgIpc) is 3.28. The first-order valence-corrected chi connectivity index (χ1v) is 11.9. The molecule has 0 aliphatic carbocycles. The van der Waals surface area contributed by atoms with E-state index in [0.29, 0.717) is 38.0 Å². The number of hydrogen-bond donors (Lipinski definition) is 7. The molecular formula is C19H35N5O6S. The van der Waals surface area contributed by atoms with Crippen molar-refractivity contribution in [1.82, 2.24) is 21.3 Å². The minimum Gasteiger partial charge on any atom is -0.480 e. The van der Waals surface area contributed by atoms with Crippen molar-refractivity contribution in [2.24, 2.45) is 5.73 Å². The van der Waals surface area contributed by atoms with E-state index >= 15 is 0 Å². The molecule has 3 amide bonds. The molecule has 31 heavy (non-hydrogen) atoms. The van der Waals surface area contributed by atoms with Crippen LogP contribution in [0.1, 0.15) is 38.5 Å². The number of carbonyl (C=O) groups is 4. The number of aliphatic carboxylic acids is 1. The summed E-state index contributed by atoms with van der Waals surface area (Å²) in [5, 5.41) is 28.9. The van der Waals surface area contributed by atoms with E-state index in [1.807, 2.05) is 6.26 Å². The molecule has 0 radical (unpaired) electrons. The smallest absolute Gasteiger partial charge is 0.328 e. The van der Waals surface area contributed by atoms with Crippen LogP contribution in [-0.4, -0.2) is 89.8 Å². The Bertz CT molecular complexity index is 602. The fourth-order valence-corrected chi connectivity index (χ4v) is 3.65. The maximum absolute atomic E-state index is 12.9. The number of carboxylic acid groups (broad SMARTS) is 1. The molecule has 11 nitrogen and oxygen atoms in total. The predicted octanol–water partition coefficient (Wildman–Crippen LogP) is -1.85. The van der Waals surface area contributed by atoms with Crippen molar-refractivity contribution < 1.29 is 29.4 Å². The Morgan fingerprint density at radius 1 is 1.06 bits per heavy atom. The lowest BCUT2D eigenvalue weighted by Gasteiger charge is -2.25. The number of unbranched alkanes of at least 4 members (excludes halogenated alkanes) is 1. The van der Waals surface area contributed by atoms with E-state index < -0.39 is 42.5 Å². The molecule has 1 aliphatic heterocycles. The van der Waals surface area contributed by atoms with Gasteiger partial charge in [0, 0.05) is 0 Å². The first-order valence-electron chi connectivity index (χ1n) is 10.5. The van der Waals surface area contributed by atoms with E-state index in [1.54, 1.807) is 0 Å². The molecule has 1 heterocycles. The normalized spacial score (nSPS) is 18.6. The van der Waals surface area contributed by atoms with Crippen LogP contribution in [0.4, 0.5) is 0 Å². The van der Waals surface area contributed by atoms with Crippen molar-refractivity contribution >= 4 is 35.5 Å². The minimum absolute atomic E-state index is 0.250. The number of amides is 3. The Labute approximate surface area is 186 Å². The second kappa shape index (κ2) is 15.0. The summed E-state index contributed by atoms with van der Waals surface area (Å²) in [6.07, 6.45) is 5.28. The summed E-state index contributed by atoms with van der Waals surface area (Å²) in [6.45, 7) is 0.390. The van der Waals surface area contributed by atoms with Crippen LogP contribution in [-0.2, 0) is 19.2 Å². The number of thioether (sulfide) groups is 1.